The van der Waals surface area contributed by atoms with E-state index in [-0.39, 0.29) is 10.9 Å². The minimum Gasteiger partial charge on any atom is -0.490 e. The van der Waals surface area contributed by atoms with Crippen molar-refractivity contribution in [1.29, 1.82) is 0 Å². The van der Waals surface area contributed by atoms with E-state index in [1.165, 1.54) is 24.3 Å². The third kappa shape index (κ3) is 4.24. The van der Waals surface area contributed by atoms with Gasteiger partial charge in [-0.2, -0.15) is 0 Å². The predicted octanol–water partition coefficient (Wildman–Crippen LogP) is 3.19. The molecule has 1 amide bonds. The first-order valence-corrected chi connectivity index (χ1v) is 10.8. The SMILES string of the molecule is O=C(Nc1cc2c(cc1Cl)OCCCO2)c1ccc(S(=O)(=O)NC2CC2)cc1. The Morgan fingerprint density at radius 3 is 2.32 bits per heavy atom. The van der Waals surface area contributed by atoms with Gasteiger partial charge < -0.3 is 14.8 Å². The van der Waals surface area contributed by atoms with E-state index < -0.39 is 15.9 Å². The molecule has 0 aromatic heterocycles. The molecule has 9 heteroatoms. The fourth-order valence-corrected chi connectivity index (χ4v) is 4.25. The van der Waals surface area contributed by atoms with Crippen LogP contribution >= 0.6 is 11.6 Å². The molecule has 0 unspecified atom stereocenters. The number of fused-ring (bicyclic) bond motifs is 1. The highest BCUT2D eigenvalue weighted by atomic mass is 35.5. The zero-order valence-electron chi connectivity index (χ0n) is 14.9. The molecule has 0 atom stereocenters. The van der Waals surface area contributed by atoms with Gasteiger partial charge >= 0.3 is 0 Å². The minimum absolute atomic E-state index is 0.0227. The van der Waals surface area contributed by atoms with Crippen LogP contribution in [-0.4, -0.2) is 33.6 Å². The van der Waals surface area contributed by atoms with Gasteiger partial charge in [0.05, 0.1) is 28.8 Å². The second kappa shape index (κ2) is 7.62. The highest BCUT2D eigenvalue weighted by Crippen LogP contribution is 2.37. The van der Waals surface area contributed by atoms with Crippen molar-refractivity contribution in [2.45, 2.75) is 30.2 Å². The standard InChI is InChI=1S/C19H19ClN2O5S/c20-15-10-17-18(27-9-1-8-26-17)11-16(15)21-19(23)12-2-6-14(7-3-12)28(24,25)22-13-4-5-13/h2-3,6-7,10-11,13,22H,1,4-5,8-9H2,(H,21,23). The van der Waals surface area contributed by atoms with Crippen LogP contribution in [0.5, 0.6) is 11.5 Å². The number of anilines is 1. The number of nitrogens with one attached hydrogen (secondary N) is 2. The second-order valence-corrected chi connectivity index (χ2v) is 8.82. The highest BCUT2D eigenvalue weighted by Gasteiger charge is 2.28. The third-order valence-electron chi connectivity index (χ3n) is 4.41. The van der Waals surface area contributed by atoms with Crippen LogP contribution in [0.2, 0.25) is 5.02 Å². The molecule has 0 radical (unpaired) electrons. The lowest BCUT2D eigenvalue weighted by atomic mass is 10.2. The molecule has 2 N–H and O–H groups in total. The van der Waals surface area contributed by atoms with E-state index in [0.29, 0.717) is 41.0 Å². The van der Waals surface area contributed by atoms with Gasteiger partial charge in [0.25, 0.3) is 5.91 Å². The zero-order chi connectivity index (χ0) is 19.7. The number of benzene rings is 2. The lowest BCUT2D eigenvalue weighted by molar-refractivity contribution is 0.102. The van der Waals surface area contributed by atoms with Gasteiger partial charge in [-0.05, 0) is 37.1 Å². The molecule has 1 saturated carbocycles. The first kappa shape index (κ1) is 19.0. The van der Waals surface area contributed by atoms with Crippen molar-refractivity contribution in [2.24, 2.45) is 0 Å². The van der Waals surface area contributed by atoms with E-state index in [1.807, 2.05) is 0 Å². The Labute approximate surface area is 168 Å². The van der Waals surface area contributed by atoms with E-state index in [1.54, 1.807) is 12.1 Å². The fraction of sp³-hybridized carbons (Fsp3) is 0.316. The topological polar surface area (TPSA) is 93.7 Å². The summed E-state index contributed by atoms with van der Waals surface area (Å²) in [5.41, 5.74) is 0.705. The molecule has 4 rings (SSSR count). The number of ether oxygens (including phenoxy) is 2. The maximum Gasteiger partial charge on any atom is 0.255 e. The molecule has 2 aromatic carbocycles. The number of halogens is 1. The normalized spacial score (nSPS) is 16.3. The molecule has 148 valence electrons. The van der Waals surface area contributed by atoms with Gasteiger partial charge in [0.2, 0.25) is 10.0 Å². The minimum atomic E-state index is -3.55. The maximum absolute atomic E-state index is 12.5. The van der Waals surface area contributed by atoms with Crippen molar-refractivity contribution in [2.75, 3.05) is 18.5 Å². The number of rotatable bonds is 5. The van der Waals surface area contributed by atoms with Crippen LogP contribution in [0.25, 0.3) is 0 Å². The molecular formula is C19H19ClN2O5S. The summed E-state index contributed by atoms with van der Waals surface area (Å²) < 4.78 is 38.2. The summed E-state index contributed by atoms with van der Waals surface area (Å²) in [5, 5.41) is 3.05. The molecule has 0 spiro atoms. The number of carbonyl (C=O) groups excluding carboxylic acids is 1. The molecule has 1 aliphatic carbocycles. The molecule has 1 fully saturated rings. The van der Waals surface area contributed by atoms with Gasteiger partial charge in [-0.1, -0.05) is 11.6 Å². The Bertz CT molecular complexity index is 1000. The van der Waals surface area contributed by atoms with Crippen LogP contribution in [-0.2, 0) is 10.0 Å². The first-order valence-electron chi connectivity index (χ1n) is 8.95. The van der Waals surface area contributed by atoms with Gasteiger partial charge in [-0.3, -0.25) is 4.79 Å². The maximum atomic E-state index is 12.5. The van der Waals surface area contributed by atoms with Crippen molar-refractivity contribution in [3.05, 3.63) is 47.0 Å². The predicted molar refractivity (Wildman–Crippen MR) is 105 cm³/mol. The summed E-state index contributed by atoms with van der Waals surface area (Å²) in [7, 11) is -3.55. The Balaban J connectivity index is 1.50. The van der Waals surface area contributed by atoms with Crippen LogP contribution in [0, 0.1) is 0 Å². The summed E-state index contributed by atoms with van der Waals surface area (Å²) in [5.74, 6) is 0.651. The number of carbonyl (C=O) groups is 1. The van der Waals surface area contributed by atoms with Crippen LogP contribution in [0.15, 0.2) is 41.3 Å². The molecule has 2 aromatic rings. The Hall–Kier alpha value is -2.29. The van der Waals surface area contributed by atoms with E-state index in [0.717, 1.165) is 19.3 Å². The first-order chi connectivity index (χ1) is 13.4. The van der Waals surface area contributed by atoms with E-state index in [4.69, 9.17) is 21.1 Å². The summed E-state index contributed by atoms with van der Waals surface area (Å²) in [6.45, 7) is 1.06. The molecule has 0 saturated heterocycles. The summed E-state index contributed by atoms with van der Waals surface area (Å²) in [6, 6.07) is 9.01. The van der Waals surface area contributed by atoms with Crippen LogP contribution in [0.4, 0.5) is 5.69 Å². The van der Waals surface area contributed by atoms with Gasteiger partial charge in [0, 0.05) is 30.2 Å². The Morgan fingerprint density at radius 2 is 1.68 bits per heavy atom. The summed E-state index contributed by atoms with van der Waals surface area (Å²) in [4.78, 5) is 12.7. The average Bonchev–Trinajstić information content (AvgIpc) is 3.49. The quantitative estimate of drug-likeness (QED) is 0.771. The smallest absolute Gasteiger partial charge is 0.255 e. The Kier molecular flexibility index (Phi) is 5.18. The van der Waals surface area contributed by atoms with Gasteiger partial charge in [0.1, 0.15) is 0 Å². The highest BCUT2D eigenvalue weighted by molar-refractivity contribution is 7.89. The molecule has 1 aliphatic heterocycles. The molecular weight excluding hydrogens is 404 g/mol. The number of amides is 1. The van der Waals surface area contributed by atoms with E-state index in [2.05, 4.69) is 10.0 Å². The molecule has 0 bridgehead atoms. The molecule has 1 heterocycles. The average molecular weight is 423 g/mol. The summed E-state index contributed by atoms with van der Waals surface area (Å²) in [6.07, 6.45) is 2.48. The van der Waals surface area contributed by atoms with Crippen molar-refractivity contribution in [3.8, 4) is 11.5 Å². The van der Waals surface area contributed by atoms with Crippen LogP contribution in [0.3, 0.4) is 0 Å². The third-order valence-corrected chi connectivity index (χ3v) is 6.26. The van der Waals surface area contributed by atoms with Gasteiger partial charge in [-0.25, -0.2) is 13.1 Å². The molecule has 2 aliphatic rings. The number of hydrogen-bond donors (Lipinski definition) is 2. The fourth-order valence-electron chi connectivity index (χ4n) is 2.75. The molecule has 7 nitrogen and oxygen atoms in total. The Morgan fingerprint density at radius 1 is 1.04 bits per heavy atom. The van der Waals surface area contributed by atoms with Crippen molar-refractivity contribution >= 4 is 33.2 Å². The second-order valence-electron chi connectivity index (χ2n) is 6.70. The summed E-state index contributed by atoms with van der Waals surface area (Å²) >= 11 is 6.25. The van der Waals surface area contributed by atoms with Crippen molar-refractivity contribution in [3.63, 3.8) is 0 Å². The van der Waals surface area contributed by atoms with Crippen molar-refractivity contribution < 1.29 is 22.7 Å². The monoisotopic (exact) mass is 422 g/mol. The van der Waals surface area contributed by atoms with Gasteiger partial charge in [-0.15, -0.1) is 0 Å². The lowest BCUT2D eigenvalue weighted by Gasteiger charge is -2.13. The lowest BCUT2D eigenvalue weighted by Crippen LogP contribution is -2.25. The van der Waals surface area contributed by atoms with Crippen LogP contribution in [0.1, 0.15) is 29.6 Å². The molecule has 28 heavy (non-hydrogen) atoms. The van der Waals surface area contributed by atoms with Crippen LogP contribution < -0.4 is 19.5 Å². The van der Waals surface area contributed by atoms with E-state index >= 15 is 0 Å². The number of hydrogen-bond acceptors (Lipinski definition) is 5. The van der Waals surface area contributed by atoms with Gasteiger partial charge in [0.15, 0.2) is 11.5 Å². The van der Waals surface area contributed by atoms with Crippen molar-refractivity contribution in [1.82, 2.24) is 4.72 Å². The van der Waals surface area contributed by atoms with E-state index in [9.17, 15) is 13.2 Å². The zero-order valence-corrected chi connectivity index (χ0v) is 16.5. The largest absolute Gasteiger partial charge is 0.490 e. The number of sulfonamides is 1.